The summed E-state index contributed by atoms with van der Waals surface area (Å²) in [5.41, 5.74) is 1.07. The Morgan fingerprint density at radius 2 is 1.45 bits per heavy atom. The van der Waals surface area contributed by atoms with Gasteiger partial charge < -0.3 is 9.30 Å². The van der Waals surface area contributed by atoms with Crippen LogP contribution in [0, 0.1) is 0 Å². The highest BCUT2D eigenvalue weighted by atomic mass is 32.2. The molecule has 0 atom stereocenters. The molecule has 2 nitrogen and oxygen atoms in total. The molecule has 0 heterocycles. The van der Waals surface area contributed by atoms with Crippen molar-refractivity contribution in [2.24, 2.45) is 0 Å². The number of methoxy groups -OCH3 is 1. The molecule has 150 valence electrons. The molecule has 3 aromatic carbocycles. The molecule has 3 aromatic rings. The number of benzene rings is 3. The van der Waals surface area contributed by atoms with E-state index in [4.69, 9.17) is 4.74 Å². The zero-order valence-corrected chi connectivity index (χ0v) is 18.7. The van der Waals surface area contributed by atoms with E-state index in [1.54, 1.807) is 18.9 Å². The molecule has 0 bridgehead atoms. The summed E-state index contributed by atoms with van der Waals surface area (Å²) >= 11 is 1.78. The van der Waals surface area contributed by atoms with Crippen LogP contribution in [0.15, 0.2) is 90.7 Å². The molecule has 0 radical (unpaired) electrons. The smallest absolute Gasteiger partial charge is 0.165 e. The molecule has 0 spiro atoms. The van der Waals surface area contributed by atoms with Gasteiger partial charge in [-0.2, -0.15) is 0 Å². The number of ether oxygens (including phenoxy) is 1. The molecule has 0 aliphatic heterocycles. The van der Waals surface area contributed by atoms with Gasteiger partial charge in [-0.1, -0.05) is 86.1 Å². The molecule has 0 saturated carbocycles. The molecule has 0 fully saturated rings. The van der Waals surface area contributed by atoms with Gasteiger partial charge in [0.05, 0.1) is 7.11 Å². The van der Waals surface area contributed by atoms with Crippen LogP contribution in [0.5, 0.6) is 5.75 Å². The first-order chi connectivity index (χ1) is 14.2. The van der Waals surface area contributed by atoms with Crippen LogP contribution in [-0.4, -0.2) is 12.9 Å². The minimum atomic E-state index is -2.93. The van der Waals surface area contributed by atoms with Gasteiger partial charge in [-0.25, -0.2) is 0 Å². The maximum absolute atomic E-state index is 14.4. The lowest BCUT2D eigenvalue weighted by Gasteiger charge is -2.18. The van der Waals surface area contributed by atoms with E-state index in [1.165, 1.54) is 0 Å². The quantitative estimate of drug-likeness (QED) is 0.289. The maximum Gasteiger partial charge on any atom is 0.165 e. The second-order valence-electron chi connectivity index (χ2n) is 6.75. The lowest BCUT2D eigenvalue weighted by molar-refractivity contribution is 0.415. The van der Waals surface area contributed by atoms with E-state index in [9.17, 15) is 4.57 Å². The molecule has 0 aliphatic rings. The van der Waals surface area contributed by atoms with Crippen molar-refractivity contribution in [2.75, 3.05) is 12.9 Å². The number of unbranched alkanes of at least 4 members (excludes halogenated alkanes) is 1. The minimum absolute atomic E-state index is 0.820. The lowest BCUT2D eigenvalue weighted by Crippen LogP contribution is -2.14. The summed E-state index contributed by atoms with van der Waals surface area (Å²) in [7, 11) is -1.26. The summed E-state index contributed by atoms with van der Waals surface area (Å²) in [5.74, 6) is 3.82. The minimum Gasteiger partial charge on any atom is -0.497 e. The van der Waals surface area contributed by atoms with E-state index in [1.807, 2.05) is 90.7 Å². The van der Waals surface area contributed by atoms with Crippen molar-refractivity contribution < 1.29 is 9.30 Å². The van der Waals surface area contributed by atoms with E-state index < -0.39 is 7.14 Å². The Kier molecular flexibility index (Phi) is 7.80. The number of rotatable bonds is 9. The van der Waals surface area contributed by atoms with E-state index in [2.05, 4.69) is 6.92 Å². The molecule has 4 heteroatoms. The first-order valence-corrected chi connectivity index (χ1v) is 12.6. The molecule has 0 unspecified atom stereocenters. The van der Waals surface area contributed by atoms with Crippen molar-refractivity contribution in [3.8, 4) is 5.75 Å². The second kappa shape index (κ2) is 10.5. The predicted octanol–water partition coefficient (Wildman–Crippen LogP) is 6.54. The maximum atomic E-state index is 14.4. The molecule has 3 rings (SSSR count). The van der Waals surface area contributed by atoms with Gasteiger partial charge in [-0.05, 0) is 35.7 Å². The fourth-order valence-electron chi connectivity index (χ4n) is 3.04. The van der Waals surface area contributed by atoms with Crippen molar-refractivity contribution in [1.82, 2.24) is 0 Å². The van der Waals surface area contributed by atoms with Crippen LogP contribution in [0.25, 0.3) is 4.91 Å². The van der Waals surface area contributed by atoms with Gasteiger partial charge in [0.25, 0.3) is 0 Å². The van der Waals surface area contributed by atoms with E-state index in [0.29, 0.717) is 0 Å². The van der Waals surface area contributed by atoms with Crippen LogP contribution in [0.4, 0.5) is 0 Å². The molecule has 0 N–H and O–H groups in total. The summed E-state index contributed by atoms with van der Waals surface area (Å²) in [5, 5.41) is 1.71. The highest BCUT2D eigenvalue weighted by molar-refractivity contribution is 8.08. The van der Waals surface area contributed by atoms with Gasteiger partial charge in [0.1, 0.15) is 5.75 Å². The molecule has 29 heavy (non-hydrogen) atoms. The normalized spacial score (nSPS) is 12.0. The third-order valence-corrected chi connectivity index (χ3v) is 8.79. The summed E-state index contributed by atoms with van der Waals surface area (Å²) in [4.78, 5) is 1.05. The highest BCUT2D eigenvalue weighted by Crippen LogP contribution is 2.49. The number of hydrogen-bond acceptors (Lipinski definition) is 3. The van der Waals surface area contributed by atoms with Crippen LogP contribution in [0.2, 0.25) is 0 Å². The first kappa shape index (κ1) is 21.5. The zero-order valence-electron chi connectivity index (χ0n) is 17.0. The average Bonchev–Trinajstić information content (AvgIpc) is 2.79. The SMILES string of the molecule is CCCCS/C(=C/P(=O)(c1ccccc1)c1ccccc1)c1ccc(OC)cc1. The summed E-state index contributed by atoms with van der Waals surface area (Å²) in [6.07, 6.45) is 2.26. The Morgan fingerprint density at radius 1 is 0.897 bits per heavy atom. The molecule has 0 aliphatic carbocycles. The molecule has 0 amide bonds. The zero-order chi connectivity index (χ0) is 20.5. The van der Waals surface area contributed by atoms with Crippen molar-refractivity contribution in [3.05, 3.63) is 96.3 Å². The first-order valence-electron chi connectivity index (χ1n) is 9.88. The summed E-state index contributed by atoms with van der Waals surface area (Å²) < 4.78 is 19.7. The van der Waals surface area contributed by atoms with Crippen molar-refractivity contribution in [1.29, 1.82) is 0 Å². The van der Waals surface area contributed by atoms with E-state index in [0.717, 1.165) is 45.4 Å². The predicted molar refractivity (Wildman–Crippen MR) is 128 cm³/mol. The Bertz CT molecular complexity index is 923. The van der Waals surface area contributed by atoms with Crippen LogP contribution in [0.1, 0.15) is 25.3 Å². The van der Waals surface area contributed by atoms with Crippen molar-refractivity contribution >= 4 is 34.4 Å². The summed E-state index contributed by atoms with van der Waals surface area (Å²) in [6, 6.07) is 27.6. The molecule has 0 saturated heterocycles. The van der Waals surface area contributed by atoms with Crippen molar-refractivity contribution in [3.63, 3.8) is 0 Å². The van der Waals surface area contributed by atoms with Gasteiger partial charge >= 0.3 is 0 Å². The number of hydrogen-bond donors (Lipinski definition) is 0. The highest BCUT2D eigenvalue weighted by Gasteiger charge is 2.26. The number of thioether (sulfide) groups is 1. The molecular weight excluding hydrogens is 395 g/mol. The van der Waals surface area contributed by atoms with Gasteiger partial charge in [0.15, 0.2) is 7.14 Å². The Morgan fingerprint density at radius 3 is 1.93 bits per heavy atom. The van der Waals surface area contributed by atoms with Crippen LogP contribution in [-0.2, 0) is 4.57 Å². The fourth-order valence-corrected chi connectivity index (χ4v) is 7.04. The topological polar surface area (TPSA) is 26.3 Å². The third kappa shape index (κ3) is 5.44. The average molecular weight is 423 g/mol. The Hall–Kier alpha value is -2.22. The van der Waals surface area contributed by atoms with E-state index in [-0.39, 0.29) is 0 Å². The third-order valence-electron chi connectivity index (χ3n) is 4.71. The fraction of sp³-hybridized carbons (Fsp3) is 0.200. The van der Waals surface area contributed by atoms with Crippen LogP contribution < -0.4 is 15.3 Å². The monoisotopic (exact) mass is 422 g/mol. The van der Waals surface area contributed by atoms with Gasteiger partial charge in [-0.15, -0.1) is 11.8 Å². The van der Waals surface area contributed by atoms with Crippen LogP contribution >= 0.6 is 18.9 Å². The lowest BCUT2D eigenvalue weighted by atomic mass is 10.2. The second-order valence-corrected chi connectivity index (χ2v) is 10.5. The van der Waals surface area contributed by atoms with Gasteiger partial charge in [0.2, 0.25) is 0 Å². The molecular formula is C25H27O2PS. The standard InChI is InChI=1S/C25H27O2PS/c1-3-4-19-29-25(21-15-17-22(27-2)18-16-21)20-28(26,23-11-7-5-8-12-23)24-13-9-6-10-14-24/h5-18,20H,3-4,19H2,1-2H3/b25-20+. The van der Waals surface area contributed by atoms with Gasteiger partial charge in [-0.3, -0.25) is 0 Å². The van der Waals surface area contributed by atoms with E-state index >= 15 is 0 Å². The Labute approximate surface area is 178 Å². The largest absolute Gasteiger partial charge is 0.497 e. The van der Waals surface area contributed by atoms with Crippen molar-refractivity contribution in [2.45, 2.75) is 19.8 Å². The van der Waals surface area contributed by atoms with Gasteiger partial charge in [0, 0.05) is 15.5 Å². The Balaban J connectivity index is 2.12. The molecule has 0 aromatic heterocycles. The summed E-state index contributed by atoms with van der Waals surface area (Å²) in [6.45, 7) is 2.19. The van der Waals surface area contributed by atoms with Crippen LogP contribution in [0.3, 0.4) is 0 Å².